The summed E-state index contributed by atoms with van der Waals surface area (Å²) < 4.78 is 25.2. The van der Waals surface area contributed by atoms with Gasteiger partial charge in [-0.25, -0.2) is 8.42 Å². The van der Waals surface area contributed by atoms with E-state index in [-0.39, 0.29) is 10.8 Å². The smallest absolute Gasteiger partial charge is 0.318 e. The Balaban J connectivity index is 3.08. The number of aliphatic carboxylic acids is 1. The monoisotopic (exact) mass is 287 g/mol. The molecule has 18 heavy (non-hydrogen) atoms. The van der Waals surface area contributed by atoms with Crippen LogP contribution in [0, 0.1) is 12.3 Å². The molecular weight excluding hydrogens is 274 g/mol. The van der Waals surface area contributed by atoms with Gasteiger partial charge in [0.2, 0.25) is 0 Å². The lowest BCUT2D eigenvalue weighted by Crippen LogP contribution is -2.35. The van der Waals surface area contributed by atoms with Crippen molar-refractivity contribution in [3.63, 3.8) is 0 Å². The van der Waals surface area contributed by atoms with Gasteiger partial charge in [-0.15, -0.1) is 17.8 Å². The first-order valence-electron chi connectivity index (χ1n) is 5.16. The predicted octanol–water partition coefficient (Wildman–Crippen LogP) is 1.02. The minimum Gasteiger partial charge on any atom is -0.480 e. The van der Waals surface area contributed by atoms with E-state index < -0.39 is 22.5 Å². The standard InChI is InChI=1S/C11H13NO4S2/c1-3-7-12(8-10(13)14)18(15,16)11-6-5-9(4-2)17-11/h1,5-6H,4,7-8H2,2H3,(H,13,14). The molecule has 98 valence electrons. The zero-order valence-electron chi connectivity index (χ0n) is 9.79. The molecule has 0 amide bonds. The first-order valence-corrected chi connectivity index (χ1v) is 7.41. The van der Waals surface area contributed by atoms with Gasteiger partial charge in [0.15, 0.2) is 0 Å². The number of carboxylic acid groups (broad SMARTS) is 1. The Labute approximate surface area is 110 Å². The maximum Gasteiger partial charge on any atom is 0.318 e. The van der Waals surface area contributed by atoms with E-state index in [2.05, 4.69) is 5.92 Å². The van der Waals surface area contributed by atoms with Crippen LogP contribution >= 0.6 is 11.3 Å². The maximum absolute atomic E-state index is 12.2. The fourth-order valence-electron chi connectivity index (χ4n) is 1.29. The number of hydrogen-bond acceptors (Lipinski definition) is 4. The van der Waals surface area contributed by atoms with Crippen molar-refractivity contribution in [2.24, 2.45) is 0 Å². The van der Waals surface area contributed by atoms with Gasteiger partial charge in [-0.1, -0.05) is 12.8 Å². The summed E-state index contributed by atoms with van der Waals surface area (Å²) in [4.78, 5) is 11.6. The molecule has 0 aliphatic carbocycles. The number of rotatable bonds is 6. The number of sulfonamides is 1. The molecule has 1 aromatic rings. The van der Waals surface area contributed by atoms with Crippen LogP contribution in [0.5, 0.6) is 0 Å². The molecule has 0 unspecified atom stereocenters. The molecule has 0 aliphatic rings. The molecule has 0 radical (unpaired) electrons. The van der Waals surface area contributed by atoms with Gasteiger partial charge in [0.1, 0.15) is 10.8 Å². The number of hydrogen-bond donors (Lipinski definition) is 1. The van der Waals surface area contributed by atoms with Crippen molar-refractivity contribution in [1.29, 1.82) is 0 Å². The maximum atomic E-state index is 12.2. The van der Waals surface area contributed by atoms with E-state index in [9.17, 15) is 13.2 Å². The Morgan fingerprint density at radius 3 is 2.67 bits per heavy atom. The van der Waals surface area contributed by atoms with Gasteiger partial charge in [0.05, 0.1) is 6.54 Å². The lowest BCUT2D eigenvalue weighted by Gasteiger charge is -2.16. The lowest BCUT2D eigenvalue weighted by molar-refractivity contribution is -0.137. The molecule has 0 aliphatic heterocycles. The van der Waals surface area contributed by atoms with E-state index in [4.69, 9.17) is 11.5 Å². The SMILES string of the molecule is C#CCN(CC(=O)O)S(=O)(=O)c1ccc(CC)s1. The van der Waals surface area contributed by atoms with Crippen molar-refractivity contribution in [3.8, 4) is 12.3 Å². The van der Waals surface area contributed by atoms with E-state index in [1.165, 1.54) is 6.07 Å². The molecule has 0 atom stereocenters. The first kappa shape index (κ1) is 14.7. The molecule has 7 heteroatoms. The van der Waals surface area contributed by atoms with Crippen LogP contribution in [0.4, 0.5) is 0 Å². The van der Waals surface area contributed by atoms with E-state index in [1.54, 1.807) is 6.07 Å². The van der Waals surface area contributed by atoms with E-state index in [0.29, 0.717) is 0 Å². The number of thiophene rings is 1. The van der Waals surface area contributed by atoms with Crippen LogP contribution in [-0.2, 0) is 21.2 Å². The lowest BCUT2D eigenvalue weighted by atomic mass is 10.4. The molecule has 1 aromatic heterocycles. The summed E-state index contributed by atoms with van der Waals surface area (Å²) in [5.74, 6) is 0.923. The Hall–Kier alpha value is -1.36. The van der Waals surface area contributed by atoms with Crippen molar-refractivity contribution < 1.29 is 18.3 Å². The second-order valence-electron chi connectivity index (χ2n) is 3.45. The highest BCUT2D eigenvalue weighted by Crippen LogP contribution is 2.25. The van der Waals surface area contributed by atoms with Crippen LogP contribution < -0.4 is 0 Å². The van der Waals surface area contributed by atoms with E-state index >= 15 is 0 Å². The summed E-state index contributed by atoms with van der Waals surface area (Å²) in [6.45, 7) is 1.03. The van der Waals surface area contributed by atoms with Crippen LogP contribution in [0.2, 0.25) is 0 Å². The van der Waals surface area contributed by atoms with Gasteiger partial charge in [0.25, 0.3) is 10.0 Å². The van der Waals surface area contributed by atoms with Gasteiger partial charge < -0.3 is 5.11 Å². The van der Waals surface area contributed by atoms with Crippen LogP contribution in [0.3, 0.4) is 0 Å². The highest BCUT2D eigenvalue weighted by atomic mass is 32.2. The first-order chi connectivity index (χ1) is 8.41. The molecule has 0 aromatic carbocycles. The summed E-state index contributed by atoms with van der Waals surface area (Å²) in [6, 6.07) is 3.19. The zero-order valence-corrected chi connectivity index (χ0v) is 11.4. The fraction of sp³-hybridized carbons (Fsp3) is 0.364. The molecule has 1 heterocycles. The average molecular weight is 287 g/mol. The molecular formula is C11H13NO4S2. The predicted molar refractivity (Wildman–Crippen MR) is 68.9 cm³/mol. The number of aryl methyl sites for hydroxylation is 1. The molecule has 1 N–H and O–H groups in total. The third-order valence-electron chi connectivity index (χ3n) is 2.16. The molecule has 0 bridgehead atoms. The summed E-state index contributed by atoms with van der Waals surface area (Å²) in [5.41, 5.74) is 0. The van der Waals surface area contributed by atoms with E-state index in [1.807, 2.05) is 6.92 Å². The van der Waals surface area contributed by atoms with E-state index in [0.717, 1.165) is 26.9 Å². The van der Waals surface area contributed by atoms with Crippen molar-refractivity contribution in [2.75, 3.05) is 13.1 Å². The van der Waals surface area contributed by atoms with Gasteiger partial charge in [-0.05, 0) is 18.6 Å². The summed E-state index contributed by atoms with van der Waals surface area (Å²) in [5, 5.41) is 8.70. The molecule has 5 nitrogen and oxygen atoms in total. The van der Waals surface area contributed by atoms with Gasteiger partial charge in [-0.2, -0.15) is 4.31 Å². The van der Waals surface area contributed by atoms with Crippen molar-refractivity contribution >= 4 is 27.3 Å². The number of terminal acetylenes is 1. The topological polar surface area (TPSA) is 74.7 Å². The minimum atomic E-state index is -3.82. The third kappa shape index (κ3) is 3.32. The number of nitrogens with zero attached hydrogens (tertiary/aromatic N) is 1. The summed E-state index contributed by atoms with van der Waals surface area (Å²) in [6.07, 6.45) is 5.80. The quantitative estimate of drug-likeness (QED) is 0.793. The molecule has 0 saturated heterocycles. The number of carboxylic acids is 1. The molecule has 0 spiro atoms. The zero-order chi connectivity index (χ0) is 13.8. The largest absolute Gasteiger partial charge is 0.480 e. The Morgan fingerprint density at radius 1 is 1.56 bits per heavy atom. The van der Waals surface area contributed by atoms with Crippen molar-refractivity contribution in [3.05, 3.63) is 17.0 Å². The molecule has 0 fully saturated rings. The normalized spacial score (nSPS) is 11.4. The van der Waals surface area contributed by atoms with Gasteiger partial charge in [-0.3, -0.25) is 4.79 Å². The van der Waals surface area contributed by atoms with Crippen molar-refractivity contribution in [1.82, 2.24) is 4.31 Å². The fourth-order valence-corrected chi connectivity index (χ4v) is 4.05. The van der Waals surface area contributed by atoms with Crippen LogP contribution in [0.25, 0.3) is 0 Å². The summed E-state index contributed by atoms with van der Waals surface area (Å²) >= 11 is 1.13. The molecule has 1 rings (SSSR count). The Kier molecular flexibility index (Phi) is 4.90. The van der Waals surface area contributed by atoms with Crippen molar-refractivity contribution in [2.45, 2.75) is 17.6 Å². The highest BCUT2D eigenvalue weighted by Gasteiger charge is 2.27. The second kappa shape index (κ2) is 6.00. The third-order valence-corrected chi connectivity index (χ3v) is 5.65. The summed E-state index contributed by atoms with van der Waals surface area (Å²) in [7, 11) is -3.82. The second-order valence-corrected chi connectivity index (χ2v) is 6.78. The van der Waals surface area contributed by atoms with Gasteiger partial charge >= 0.3 is 5.97 Å². The van der Waals surface area contributed by atoms with Crippen LogP contribution in [0.1, 0.15) is 11.8 Å². The van der Waals surface area contributed by atoms with Gasteiger partial charge in [0, 0.05) is 4.88 Å². The van der Waals surface area contributed by atoms with Crippen LogP contribution in [0.15, 0.2) is 16.3 Å². The number of carbonyl (C=O) groups is 1. The molecule has 0 saturated carbocycles. The highest BCUT2D eigenvalue weighted by molar-refractivity contribution is 7.91. The van der Waals surface area contributed by atoms with Crippen LogP contribution in [-0.4, -0.2) is 36.9 Å². The minimum absolute atomic E-state index is 0.121. The average Bonchev–Trinajstić information content (AvgIpc) is 2.77. The Bertz CT molecular complexity index is 568. The Morgan fingerprint density at radius 2 is 2.22 bits per heavy atom.